The van der Waals surface area contributed by atoms with Crippen LogP contribution in [0.4, 0.5) is 0 Å². The molecule has 0 aliphatic carbocycles. The Morgan fingerprint density at radius 1 is 1.35 bits per heavy atom. The van der Waals surface area contributed by atoms with Gasteiger partial charge in [-0.1, -0.05) is 18.2 Å². The number of hydrogen-bond acceptors (Lipinski definition) is 2. The predicted octanol–water partition coefficient (Wildman–Crippen LogP) is 3.57. The van der Waals surface area contributed by atoms with E-state index >= 15 is 0 Å². The summed E-state index contributed by atoms with van der Waals surface area (Å²) in [7, 11) is 0. The van der Waals surface area contributed by atoms with Gasteiger partial charge >= 0.3 is 0 Å². The molecule has 1 saturated heterocycles. The largest absolute Gasteiger partial charge is 0.342 e. The van der Waals surface area contributed by atoms with Gasteiger partial charge in [-0.05, 0) is 43.7 Å². The second-order valence-corrected chi connectivity index (χ2v) is 7.69. The molecule has 2 aliphatic heterocycles. The van der Waals surface area contributed by atoms with Crippen molar-refractivity contribution in [2.45, 2.75) is 41.7 Å². The molecule has 1 aromatic carbocycles. The van der Waals surface area contributed by atoms with Crippen molar-refractivity contribution in [1.29, 1.82) is 0 Å². The molecule has 0 N–H and O–H groups in total. The van der Waals surface area contributed by atoms with Crippen LogP contribution in [-0.2, 0) is 11.2 Å². The highest BCUT2D eigenvalue weighted by Gasteiger charge is 2.33. The fraction of sp³-hybridized carbons (Fsp3) is 0.562. The van der Waals surface area contributed by atoms with Gasteiger partial charge in [-0.25, -0.2) is 0 Å². The number of rotatable bonds is 2. The monoisotopic (exact) mass is 309 g/mol. The van der Waals surface area contributed by atoms with E-state index in [0.29, 0.717) is 11.8 Å². The second kappa shape index (κ2) is 5.98. The van der Waals surface area contributed by atoms with Crippen molar-refractivity contribution in [1.82, 2.24) is 4.90 Å². The molecule has 4 heteroatoms. The fourth-order valence-electron chi connectivity index (χ4n) is 3.10. The van der Waals surface area contributed by atoms with E-state index in [-0.39, 0.29) is 10.6 Å². The minimum Gasteiger partial charge on any atom is -0.342 e. The third kappa shape index (κ3) is 2.84. The number of alkyl halides is 1. The molecule has 2 nitrogen and oxygen atoms in total. The molecule has 2 aliphatic rings. The lowest BCUT2D eigenvalue weighted by Gasteiger charge is -2.34. The van der Waals surface area contributed by atoms with Crippen LogP contribution < -0.4 is 0 Å². The average molecular weight is 310 g/mol. The topological polar surface area (TPSA) is 20.3 Å². The summed E-state index contributed by atoms with van der Waals surface area (Å²) < 4.78 is 0. The van der Waals surface area contributed by atoms with Gasteiger partial charge in [0.2, 0.25) is 5.91 Å². The van der Waals surface area contributed by atoms with Gasteiger partial charge in [-0.2, -0.15) is 0 Å². The molecule has 0 spiro atoms. The molecule has 108 valence electrons. The van der Waals surface area contributed by atoms with E-state index in [2.05, 4.69) is 25.1 Å². The van der Waals surface area contributed by atoms with E-state index in [1.807, 2.05) is 11.0 Å². The van der Waals surface area contributed by atoms with Crippen molar-refractivity contribution in [3.8, 4) is 0 Å². The highest BCUT2D eigenvalue weighted by Crippen LogP contribution is 2.38. The Bertz CT molecular complexity index is 472. The molecule has 0 aromatic heterocycles. The molecule has 3 rings (SSSR count). The molecule has 20 heavy (non-hydrogen) atoms. The minimum absolute atomic E-state index is 0.0809. The van der Waals surface area contributed by atoms with Crippen LogP contribution in [0.3, 0.4) is 0 Å². The molecule has 0 radical (unpaired) electrons. The summed E-state index contributed by atoms with van der Waals surface area (Å²) in [6.45, 7) is 3.80. The number of likely N-dealkylation sites (tertiary alicyclic amines) is 1. The summed E-state index contributed by atoms with van der Waals surface area (Å²) in [5, 5.41) is 0.301. The minimum atomic E-state index is 0.0809. The Labute approximate surface area is 129 Å². The maximum Gasteiger partial charge on any atom is 0.236 e. The van der Waals surface area contributed by atoms with Crippen molar-refractivity contribution in [2.75, 3.05) is 13.1 Å². The average Bonchev–Trinajstić information content (AvgIpc) is 2.90. The first-order chi connectivity index (χ1) is 9.65. The van der Waals surface area contributed by atoms with E-state index in [0.717, 1.165) is 32.4 Å². The third-order valence-corrected chi connectivity index (χ3v) is 6.08. The van der Waals surface area contributed by atoms with E-state index in [9.17, 15) is 4.79 Å². The molecular formula is C16H20ClNOS. The second-order valence-electron chi connectivity index (χ2n) is 5.76. The van der Waals surface area contributed by atoms with E-state index < -0.39 is 0 Å². The smallest absolute Gasteiger partial charge is 0.236 e. The van der Waals surface area contributed by atoms with Gasteiger partial charge in [0.05, 0.1) is 5.25 Å². The Hall–Kier alpha value is -0.670. The molecular weight excluding hydrogens is 290 g/mol. The van der Waals surface area contributed by atoms with Crippen LogP contribution in [0.2, 0.25) is 0 Å². The lowest BCUT2D eigenvalue weighted by Crippen LogP contribution is -2.43. The summed E-state index contributed by atoms with van der Waals surface area (Å²) in [5.41, 5.74) is 1.32. The highest BCUT2D eigenvalue weighted by molar-refractivity contribution is 8.01. The van der Waals surface area contributed by atoms with Crippen LogP contribution >= 0.6 is 23.4 Å². The quantitative estimate of drug-likeness (QED) is 0.778. The molecule has 2 heterocycles. The van der Waals surface area contributed by atoms with Crippen molar-refractivity contribution in [2.24, 2.45) is 5.92 Å². The van der Waals surface area contributed by atoms with Gasteiger partial charge in [0.1, 0.15) is 0 Å². The zero-order valence-corrected chi connectivity index (χ0v) is 13.3. The Balaban J connectivity index is 1.59. The molecule has 0 saturated carbocycles. The van der Waals surface area contributed by atoms with Gasteiger partial charge in [-0.3, -0.25) is 4.79 Å². The predicted molar refractivity (Wildman–Crippen MR) is 84.4 cm³/mol. The van der Waals surface area contributed by atoms with Gasteiger partial charge < -0.3 is 4.90 Å². The van der Waals surface area contributed by atoms with Gasteiger partial charge in [0.15, 0.2) is 0 Å². The zero-order valence-electron chi connectivity index (χ0n) is 11.7. The van der Waals surface area contributed by atoms with E-state index in [4.69, 9.17) is 11.6 Å². The van der Waals surface area contributed by atoms with Crippen molar-refractivity contribution < 1.29 is 4.79 Å². The standard InChI is InChI=1S/C16H20ClNOS/c1-11(17)12-6-8-18(9-7-12)16(19)15-10-13-4-2-3-5-14(13)20-15/h2-5,11-12,15H,6-10H2,1H3. The van der Waals surface area contributed by atoms with Crippen LogP contribution in [0, 0.1) is 5.92 Å². The van der Waals surface area contributed by atoms with Gasteiger partial charge in [0, 0.05) is 23.4 Å². The Morgan fingerprint density at radius 3 is 2.70 bits per heavy atom. The first kappa shape index (κ1) is 14.3. The maximum absolute atomic E-state index is 12.6. The molecule has 2 unspecified atom stereocenters. The number of hydrogen-bond donors (Lipinski definition) is 0. The fourth-order valence-corrected chi connectivity index (χ4v) is 4.63. The number of amides is 1. The SMILES string of the molecule is CC(Cl)C1CCN(C(=O)C2Cc3ccccc3S2)CC1. The highest BCUT2D eigenvalue weighted by atomic mass is 35.5. The van der Waals surface area contributed by atoms with Crippen LogP contribution in [0.1, 0.15) is 25.3 Å². The number of thioether (sulfide) groups is 1. The number of halogens is 1. The van der Waals surface area contributed by atoms with Crippen LogP contribution in [0.5, 0.6) is 0 Å². The molecule has 1 amide bonds. The van der Waals surface area contributed by atoms with Gasteiger partial charge in [0.25, 0.3) is 0 Å². The number of carbonyl (C=O) groups is 1. The zero-order chi connectivity index (χ0) is 14.1. The van der Waals surface area contributed by atoms with Crippen LogP contribution in [-0.4, -0.2) is 34.5 Å². The van der Waals surface area contributed by atoms with Crippen molar-refractivity contribution in [3.63, 3.8) is 0 Å². The molecule has 1 aromatic rings. The normalized spacial score (nSPS) is 24.5. The first-order valence-electron chi connectivity index (χ1n) is 7.32. The van der Waals surface area contributed by atoms with Crippen molar-refractivity contribution >= 4 is 29.3 Å². The van der Waals surface area contributed by atoms with Gasteiger partial charge in [-0.15, -0.1) is 23.4 Å². The maximum atomic E-state index is 12.6. The van der Waals surface area contributed by atoms with Crippen LogP contribution in [0.15, 0.2) is 29.2 Å². The van der Waals surface area contributed by atoms with E-state index in [1.54, 1.807) is 11.8 Å². The summed E-state index contributed by atoms with van der Waals surface area (Å²) >= 11 is 7.89. The van der Waals surface area contributed by atoms with E-state index in [1.165, 1.54) is 10.5 Å². The lowest BCUT2D eigenvalue weighted by molar-refractivity contribution is -0.131. The van der Waals surface area contributed by atoms with Crippen LogP contribution in [0.25, 0.3) is 0 Å². The Kier molecular flexibility index (Phi) is 4.27. The summed E-state index contributed by atoms with van der Waals surface area (Å²) in [4.78, 5) is 15.9. The third-order valence-electron chi connectivity index (χ3n) is 4.42. The molecule has 1 fully saturated rings. The number of piperidine rings is 1. The number of nitrogens with zero attached hydrogens (tertiary/aromatic N) is 1. The molecule has 0 bridgehead atoms. The number of fused-ring (bicyclic) bond motifs is 1. The summed E-state index contributed by atoms with van der Waals surface area (Å²) in [6.07, 6.45) is 2.97. The first-order valence-corrected chi connectivity index (χ1v) is 8.64. The number of carbonyl (C=O) groups excluding carboxylic acids is 1. The Morgan fingerprint density at radius 2 is 2.05 bits per heavy atom. The number of benzene rings is 1. The lowest BCUT2D eigenvalue weighted by atomic mass is 9.93. The summed E-state index contributed by atoms with van der Waals surface area (Å²) in [6, 6.07) is 8.36. The van der Waals surface area contributed by atoms with Crippen molar-refractivity contribution in [3.05, 3.63) is 29.8 Å². The summed E-state index contributed by atoms with van der Waals surface area (Å²) in [5.74, 6) is 0.876. The molecule has 2 atom stereocenters.